The second-order valence-corrected chi connectivity index (χ2v) is 10.7. The number of alkyl halides is 1. The highest BCUT2D eigenvalue weighted by atomic mass is 35.5. The number of rotatable bonds is 6. The number of benzene rings is 3. The zero-order valence-corrected chi connectivity index (χ0v) is 23.5. The van der Waals surface area contributed by atoms with Gasteiger partial charge in [0, 0.05) is 32.6 Å². The predicted octanol–water partition coefficient (Wildman–Crippen LogP) is 5.87. The van der Waals surface area contributed by atoms with Crippen molar-refractivity contribution in [2.24, 2.45) is 0 Å². The van der Waals surface area contributed by atoms with Gasteiger partial charge in [0.2, 0.25) is 5.91 Å². The van der Waals surface area contributed by atoms with Crippen molar-refractivity contribution in [3.8, 4) is 5.69 Å². The number of aromatic nitrogens is 4. The van der Waals surface area contributed by atoms with E-state index < -0.39 is 5.38 Å². The number of carbonyl (C=O) groups excluding carboxylic acids is 1. The number of amides is 1. The summed E-state index contributed by atoms with van der Waals surface area (Å²) in [5, 5.41) is 4.93. The number of aryl methyl sites for hydroxylation is 1. The fourth-order valence-electron chi connectivity index (χ4n) is 5.33. The van der Waals surface area contributed by atoms with Gasteiger partial charge < -0.3 is 9.80 Å². The number of hydrogen-bond acceptors (Lipinski definition) is 5. The second-order valence-electron chi connectivity index (χ2n) is 10.2. The van der Waals surface area contributed by atoms with Crippen LogP contribution in [0.5, 0.6) is 0 Å². The van der Waals surface area contributed by atoms with Crippen LogP contribution in [0.1, 0.15) is 34.4 Å². The van der Waals surface area contributed by atoms with Crippen molar-refractivity contribution in [1.29, 1.82) is 0 Å². The topological polar surface area (TPSA) is 67.2 Å². The molecule has 1 fully saturated rings. The Morgan fingerprint density at radius 1 is 0.902 bits per heavy atom. The van der Waals surface area contributed by atoms with Crippen LogP contribution in [0.15, 0.2) is 84.9 Å². The van der Waals surface area contributed by atoms with Crippen molar-refractivity contribution in [2.45, 2.75) is 25.1 Å². The van der Waals surface area contributed by atoms with Crippen LogP contribution in [0.25, 0.3) is 16.7 Å². The zero-order chi connectivity index (χ0) is 28.3. The lowest BCUT2D eigenvalue weighted by atomic mass is 10.1. The van der Waals surface area contributed by atoms with Crippen LogP contribution in [0.4, 0.5) is 10.2 Å². The average Bonchev–Trinajstić information content (AvgIpc) is 3.16. The van der Waals surface area contributed by atoms with E-state index in [0.29, 0.717) is 37.5 Å². The molecule has 1 saturated heterocycles. The van der Waals surface area contributed by atoms with Gasteiger partial charge in [-0.05, 0) is 48.7 Å². The molecule has 208 valence electrons. The molecule has 1 amide bonds. The summed E-state index contributed by atoms with van der Waals surface area (Å²) in [4.78, 5) is 27.4. The van der Waals surface area contributed by atoms with E-state index in [2.05, 4.69) is 17.0 Å². The normalized spacial score (nSPS) is 14.7. The molecule has 0 N–H and O–H groups in total. The molecular formula is C32H30ClFN6O. The van der Waals surface area contributed by atoms with Crippen molar-refractivity contribution in [3.05, 3.63) is 113 Å². The Hall–Kier alpha value is -4.30. The largest absolute Gasteiger partial charge is 0.354 e. The molecule has 5 aromatic rings. The van der Waals surface area contributed by atoms with E-state index in [4.69, 9.17) is 26.7 Å². The average molecular weight is 569 g/mol. The monoisotopic (exact) mass is 568 g/mol. The van der Waals surface area contributed by atoms with Crippen LogP contribution < -0.4 is 4.90 Å². The quantitative estimate of drug-likeness (QED) is 0.240. The molecule has 3 heterocycles. The fraction of sp³-hybridized carbons (Fsp3) is 0.250. The van der Waals surface area contributed by atoms with Gasteiger partial charge in [0.1, 0.15) is 22.8 Å². The molecule has 0 bridgehead atoms. The first-order valence-electron chi connectivity index (χ1n) is 13.8. The maximum Gasteiger partial charge on any atom is 0.245 e. The SMILES string of the molecule is Cc1nn(-c2ccc(F)cc2)c2nc(Cc3ccccc3)nc(N3CCCN(C(=O)C(Cl)c4ccccc4)CC3)c12. The van der Waals surface area contributed by atoms with E-state index in [1.807, 2.05) is 60.4 Å². The lowest BCUT2D eigenvalue weighted by Crippen LogP contribution is -2.37. The molecule has 1 unspecified atom stereocenters. The van der Waals surface area contributed by atoms with Crippen molar-refractivity contribution in [1.82, 2.24) is 24.6 Å². The minimum Gasteiger partial charge on any atom is -0.354 e. The number of fused-ring (bicyclic) bond motifs is 1. The lowest BCUT2D eigenvalue weighted by molar-refractivity contribution is -0.130. The Morgan fingerprint density at radius 2 is 1.61 bits per heavy atom. The van der Waals surface area contributed by atoms with Gasteiger partial charge in [0.25, 0.3) is 0 Å². The van der Waals surface area contributed by atoms with Crippen LogP contribution in [0.2, 0.25) is 0 Å². The maximum absolute atomic E-state index is 13.7. The van der Waals surface area contributed by atoms with Gasteiger partial charge in [-0.15, -0.1) is 11.6 Å². The summed E-state index contributed by atoms with van der Waals surface area (Å²) in [5.74, 6) is 1.07. The van der Waals surface area contributed by atoms with E-state index in [1.165, 1.54) is 12.1 Å². The first-order valence-corrected chi connectivity index (χ1v) is 14.2. The van der Waals surface area contributed by atoms with Crippen molar-refractivity contribution >= 4 is 34.4 Å². The summed E-state index contributed by atoms with van der Waals surface area (Å²) in [6.45, 7) is 4.41. The smallest absolute Gasteiger partial charge is 0.245 e. The summed E-state index contributed by atoms with van der Waals surface area (Å²) < 4.78 is 15.5. The number of hydrogen-bond donors (Lipinski definition) is 0. The summed E-state index contributed by atoms with van der Waals surface area (Å²) in [6, 6.07) is 25.8. The van der Waals surface area contributed by atoms with Crippen molar-refractivity contribution in [2.75, 3.05) is 31.1 Å². The molecule has 1 aliphatic heterocycles. The van der Waals surface area contributed by atoms with Gasteiger partial charge >= 0.3 is 0 Å². The van der Waals surface area contributed by atoms with Gasteiger partial charge in [-0.2, -0.15) is 5.10 Å². The summed E-state index contributed by atoms with van der Waals surface area (Å²) in [5.41, 5.74) is 4.08. The molecule has 0 aliphatic carbocycles. The molecule has 6 rings (SSSR count). The number of halogens is 2. The van der Waals surface area contributed by atoms with Gasteiger partial charge in [-0.1, -0.05) is 60.7 Å². The summed E-state index contributed by atoms with van der Waals surface area (Å²) in [7, 11) is 0. The molecular weight excluding hydrogens is 539 g/mol. The Labute approximate surface area is 243 Å². The minimum atomic E-state index is -0.720. The zero-order valence-electron chi connectivity index (χ0n) is 22.8. The lowest BCUT2D eigenvalue weighted by Gasteiger charge is -2.25. The molecule has 3 aromatic carbocycles. The van der Waals surface area contributed by atoms with Crippen molar-refractivity contribution in [3.63, 3.8) is 0 Å². The van der Waals surface area contributed by atoms with Gasteiger partial charge in [0.15, 0.2) is 5.65 Å². The van der Waals surface area contributed by atoms with Crippen LogP contribution >= 0.6 is 11.6 Å². The molecule has 7 nitrogen and oxygen atoms in total. The molecule has 0 saturated carbocycles. The summed E-state index contributed by atoms with van der Waals surface area (Å²) in [6.07, 6.45) is 1.33. The van der Waals surface area contributed by atoms with Crippen molar-refractivity contribution < 1.29 is 9.18 Å². The fourth-order valence-corrected chi connectivity index (χ4v) is 5.61. The molecule has 9 heteroatoms. The number of nitrogens with zero attached hydrogens (tertiary/aromatic N) is 6. The molecule has 1 atom stereocenters. The Kier molecular flexibility index (Phi) is 7.65. The van der Waals surface area contributed by atoms with E-state index in [0.717, 1.165) is 46.7 Å². The third-order valence-electron chi connectivity index (χ3n) is 7.42. The van der Waals surface area contributed by atoms with Gasteiger partial charge in [0.05, 0.1) is 16.8 Å². The maximum atomic E-state index is 13.7. The first kappa shape index (κ1) is 26.9. The van der Waals surface area contributed by atoms with E-state index in [-0.39, 0.29) is 11.7 Å². The predicted molar refractivity (Wildman–Crippen MR) is 159 cm³/mol. The van der Waals surface area contributed by atoms with E-state index in [9.17, 15) is 9.18 Å². The third-order valence-corrected chi connectivity index (χ3v) is 7.86. The van der Waals surface area contributed by atoms with Crippen LogP contribution in [-0.4, -0.2) is 56.7 Å². The van der Waals surface area contributed by atoms with E-state index in [1.54, 1.807) is 16.8 Å². The van der Waals surface area contributed by atoms with Crippen LogP contribution in [0.3, 0.4) is 0 Å². The molecule has 1 aliphatic rings. The van der Waals surface area contributed by atoms with Gasteiger partial charge in [-0.3, -0.25) is 4.79 Å². The third kappa shape index (κ3) is 5.65. The Balaban J connectivity index is 1.35. The van der Waals surface area contributed by atoms with Crippen LogP contribution in [-0.2, 0) is 11.2 Å². The van der Waals surface area contributed by atoms with Crippen LogP contribution in [0, 0.1) is 12.7 Å². The highest BCUT2D eigenvalue weighted by Gasteiger charge is 2.28. The van der Waals surface area contributed by atoms with E-state index >= 15 is 0 Å². The Bertz CT molecular complexity index is 1660. The Morgan fingerprint density at radius 3 is 2.34 bits per heavy atom. The molecule has 0 radical (unpaired) electrons. The number of anilines is 1. The highest BCUT2D eigenvalue weighted by molar-refractivity contribution is 6.30. The van der Waals surface area contributed by atoms with Gasteiger partial charge in [-0.25, -0.2) is 19.0 Å². The minimum absolute atomic E-state index is 0.0855. The standard InChI is InChI=1S/C32H30ClFN6O/c1-22-28-30(38-17-8-18-39(20-19-38)32(41)29(33)24-11-6-3-7-12-24)35-27(21-23-9-4-2-5-10-23)36-31(28)40(37-22)26-15-13-25(34)14-16-26/h2-7,9-16,29H,8,17-21H2,1H3. The molecule has 41 heavy (non-hydrogen) atoms. The highest BCUT2D eigenvalue weighted by Crippen LogP contribution is 2.31. The molecule has 0 spiro atoms. The molecule has 2 aromatic heterocycles. The number of carbonyl (C=O) groups is 1. The second kappa shape index (κ2) is 11.7. The first-order chi connectivity index (χ1) is 20.0. The summed E-state index contributed by atoms with van der Waals surface area (Å²) >= 11 is 6.60.